The van der Waals surface area contributed by atoms with Gasteiger partial charge >= 0.3 is 0 Å². The van der Waals surface area contributed by atoms with E-state index in [1.165, 1.54) is 0 Å². The van der Waals surface area contributed by atoms with E-state index in [1.54, 1.807) is 6.07 Å². The van der Waals surface area contributed by atoms with Gasteiger partial charge in [-0.2, -0.15) is 0 Å². The van der Waals surface area contributed by atoms with Crippen LogP contribution in [0.3, 0.4) is 0 Å². The van der Waals surface area contributed by atoms with Crippen LogP contribution in [0.15, 0.2) is 189 Å². The molecule has 0 aliphatic rings. The molecule has 79 heavy (non-hydrogen) atoms. The predicted molar refractivity (Wildman–Crippen MR) is 317 cm³/mol. The van der Waals surface area contributed by atoms with Crippen LogP contribution in [0.5, 0.6) is 57.5 Å². The summed E-state index contributed by atoms with van der Waals surface area (Å²) in [5.41, 5.74) is 9.47. The van der Waals surface area contributed by atoms with Crippen LogP contribution in [0, 0.1) is 13.8 Å². The van der Waals surface area contributed by atoms with Crippen molar-refractivity contribution in [1.29, 1.82) is 0 Å². The predicted octanol–water partition coefficient (Wildman–Crippen LogP) is 17.2. The minimum atomic E-state index is 0.198. The normalized spacial score (nSPS) is 10.9. The molecule has 0 spiro atoms. The largest absolute Gasteiger partial charge is 0.506 e. The number of para-hydroxylation sites is 2. The molecule has 9 rings (SSSR count). The van der Waals surface area contributed by atoms with Gasteiger partial charge in [-0.3, -0.25) is 0 Å². The van der Waals surface area contributed by atoms with Crippen LogP contribution in [-0.4, -0.2) is 40.7 Å². The van der Waals surface area contributed by atoms with Crippen molar-refractivity contribution >= 4 is 0 Å². The molecule has 0 saturated heterocycles. The Balaban J connectivity index is 0.000000211. The van der Waals surface area contributed by atoms with Gasteiger partial charge in [-0.05, 0) is 140 Å². The number of hydrogen-bond donors (Lipinski definition) is 1. The molecule has 0 amide bonds. The van der Waals surface area contributed by atoms with Crippen molar-refractivity contribution in [2.45, 2.75) is 99.5 Å². The molecule has 0 radical (unpaired) electrons. The van der Waals surface area contributed by atoms with E-state index in [-0.39, 0.29) is 5.75 Å². The molecule has 0 unspecified atom stereocenters. The number of aryl methyl sites for hydroxylation is 4. The van der Waals surface area contributed by atoms with Crippen molar-refractivity contribution < 1.29 is 38.3 Å². The SMILES string of the molecule is CCCc1c(OCCCOc2cc(O)c(-n3cccc3)cc2CC)cccc1Oc1ccccc1C.CCCc1c(OCCCOc2cc(OCc3ccccc3)c(-n3cccc3)cc2CC)cccc1Oc1ccccc1C. The molecule has 410 valence electrons. The highest BCUT2D eigenvalue weighted by Gasteiger charge is 2.17. The zero-order chi connectivity index (χ0) is 55.2. The molecule has 2 heterocycles. The molecule has 9 aromatic rings. The molecule has 7 aromatic carbocycles. The minimum absolute atomic E-state index is 0.198. The van der Waals surface area contributed by atoms with Crippen molar-refractivity contribution in [3.05, 3.63) is 228 Å². The fourth-order valence-electron chi connectivity index (χ4n) is 9.24. The highest BCUT2D eigenvalue weighted by Crippen LogP contribution is 2.38. The molecule has 0 fully saturated rings. The van der Waals surface area contributed by atoms with E-state index in [0.717, 1.165) is 148 Å². The minimum Gasteiger partial charge on any atom is -0.506 e. The third-order valence-corrected chi connectivity index (χ3v) is 13.5. The van der Waals surface area contributed by atoms with Crippen LogP contribution >= 0.6 is 0 Å². The molecule has 0 atom stereocenters. The number of aromatic nitrogens is 2. The molecule has 0 aliphatic carbocycles. The molecular formula is C69H76N2O8. The van der Waals surface area contributed by atoms with E-state index in [1.807, 2.05) is 170 Å². The lowest BCUT2D eigenvalue weighted by molar-refractivity contribution is 0.242. The molecule has 1 N–H and O–H groups in total. The summed E-state index contributed by atoms with van der Waals surface area (Å²) in [5.74, 6) is 7.69. The maximum absolute atomic E-state index is 10.5. The van der Waals surface area contributed by atoms with Gasteiger partial charge < -0.3 is 47.4 Å². The van der Waals surface area contributed by atoms with Crippen LogP contribution in [0.1, 0.15) is 92.3 Å². The summed E-state index contributed by atoms with van der Waals surface area (Å²) in [6.07, 6.45) is 14.8. The van der Waals surface area contributed by atoms with Gasteiger partial charge in [0.25, 0.3) is 0 Å². The molecule has 0 aliphatic heterocycles. The van der Waals surface area contributed by atoms with Gasteiger partial charge in [-0.25, -0.2) is 0 Å². The smallest absolute Gasteiger partial charge is 0.147 e. The zero-order valence-electron chi connectivity index (χ0n) is 46.8. The van der Waals surface area contributed by atoms with E-state index in [4.69, 9.17) is 33.2 Å². The number of phenols is 1. The molecule has 2 aromatic heterocycles. The van der Waals surface area contributed by atoms with E-state index in [2.05, 4.69) is 63.5 Å². The highest BCUT2D eigenvalue weighted by atomic mass is 16.5. The average Bonchev–Trinajstić information content (AvgIpc) is 4.27. The number of phenolic OH excluding ortho intramolecular Hbond substituents is 1. The molecule has 0 saturated carbocycles. The quantitative estimate of drug-likeness (QED) is 0.0509. The van der Waals surface area contributed by atoms with Crippen molar-refractivity contribution in [2.24, 2.45) is 0 Å². The summed E-state index contributed by atoms with van der Waals surface area (Å²) >= 11 is 0. The Kier molecular flexibility index (Phi) is 21.0. The lowest BCUT2D eigenvalue weighted by Gasteiger charge is -2.18. The van der Waals surface area contributed by atoms with Crippen LogP contribution in [-0.2, 0) is 32.3 Å². The summed E-state index contributed by atoms with van der Waals surface area (Å²) in [5, 5.41) is 10.5. The fourth-order valence-corrected chi connectivity index (χ4v) is 9.24. The Morgan fingerprint density at radius 2 is 0.797 bits per heavy atom. The number of nitrogens with zero attached hydrogens (tertiary/aromatic N) is 2. The average molecular weight is 1060 g/mol. The Morgan fingerprint density at radius 3 is 1.28 bits per heavy atom. The second-order valence-corrected chi connectivity index (χ2v) is 19.3. The number of hydrogen-bond acceptors (Lipinski definition) is 8. The zero-order valence-corrected chi connectivity index (χ0v) is 46.8. The third-order valence-electron chi connectivity index (χ3n) is 13.5. The maximum Gasteiger partial charge on any atom is 0.147 e. The van der Waals surface area contributed by atoms with Gasteiger partial charge in [0.15, 0.2) is 0 Å². The number of ether oxygens (including phenoxy) is 7. The van der Waals surface area contributed by atoms with Crippen LogP contribution in [0.25, 0.3) is 11.4 Å². The van der Waals surface area contributed by atoms with Gasteiger partial charge in [-0.15, -0.1) is 0 Å². The van der Waals surface area contributed by atoms with Gasteiger partial charge in [0.05, 0.1) is 37.8 Å². The molecule has 10 nitrogen and oxygen atoms in total. The fraction of sp³-hybridized carbons (Fsp3) is 0.275. The summed E-state index contributed by atoms with van der Waals surface area (Å²) in [7, 11) is 0. The molecular weight excluding hydrogens is 985 g/mol. The van der Waals surface area contributed by atoms with Crippen LogP contribution in [0.2, 0.25) is 0 Å². The maximum atomic E-state index is 10.5. The topological polar surface area (TPSA) is 94.7 Å². The summed E-state index contributed by atoms with van der Waals surface area (Å²) in [6, 6.07) is 54.2. The lowest BCUT2D eigenvalue weighted by atomic mass is 10.1. The monoisotopic (exact) mass is 1060 g/mol. The summed E-state index contributed by atoms with van der Waals surface area (Å²) in [4.78, 5) is 0. The highest BCUT2D eigenvalue weighted by molar-refractivity contribution is 5.57. The van der Waals surface area contributed by atoms with Gasteiger partial charge in [0.2, 0.25) is 0 Å². The Hall–Kier alpha value is -8.50. The first kappa shape index (κ1) is 56.7. The first-order valence-electron chi connectivity index (χ1n) is 27.9. The second-order valence-electron chi connectivity index (χ2n) is 19.3. The number of benzene rings is 7. The van der Waals surface area contributed by atoms with Crippen molar-refractivity contribution in [3.8, 4) is 68.9 Å². The Bertz CT molecular complexity index is 3280. The van der Waals surface area contributed by atoms with Gasteiger partial charge in [-0.1, -0.05) is 119 Å². The summed E-state index contributed by atoms with van der Waals surface area (Å²) in [6.45, 7) is 15.3. The van der Waals surface area contributed by atoms with E-state index in [9.17, 15) is 5.11 Å². The first-order valence-corrected chi connectivity index (χ1v) is 27.9. The van der Waals surface area contributed by atoms with E-state index >= 15 is 0 Å². The van der Waals surface area contributed by atoms with E-state index < -0.39 is 0 Å². The van der Waals surface area contributed by atoms with Crippen molar-refractivity contribution in [1.82, 2.24) is 9.13 Å². The van der Waals surface area contributed by atoms with Crippen molar-refractivity contribution in [3.63, 3.8) is 0 Å². The second kappa shape index (κ2) is 29.3. The summed E-state index contributed by atoms with van der Waals surface area (Å²) < 4.78 is 47.7. The third kappa shape index (κ3) is 15.6. The van der Waals surface area contributed by atoms with Crippen molar-refractivity contribution in [2.75, 3.05) is 26.4 Å². The standard InChI is InChI=1S/C38H41NO4.C31H35NO4/c1-4-15-32-35(20-13-21-36(32)43-34-19-10-9-16-29(34)3)40-24-14-25-41-37-27-38(42-28-30-17-7-6-8-18-30)33(26-31(37)5-2)39-22-11-12-23-39;1-4-12-25-29(15-10-16-30(25)36-28-14-7-6-13-23(28)3)34-19-11-20-35-31-22-27(33)26(21-24(31)5-2)32-17-8-9-18-32/h6-13,16-23,26-27H,4-5,14-15,24-25,28H2,1-3H3;6-10,13-18,21-22,33H,4-5,11-12,19-20H2,1-3H3. The first-order chi connectivity index (χ1) is 38.8. The van der Waals surface area contributed by atoms with Crippen LogP contribution < -0.4 is 33.2 Å². The molecule has 0 bridgehead atoms. The Morgan fingerprint density at radius 1 is 0.380 bits per heavy atom. The lowest BCUT2D eigenvalue weighted by Crippen LogP contribution is -2.08. The van der Waals surface area contributed by atoms with Gasteiger partial charge in [0, 0.05) is 60.9 Å². The Labute approximate surface area is 467 Å². The van der Waals surface area contributed by atoms with Crippen LogP contribution in [0.4, 0.5) is 0 Å². The molecule has 10 heteroatoms. The number of aromatic hydroxyl groups is 1. The van der Waals surface area contributed by atoms with Gasteiger partial charge in [0.1, 0.15) is 64.1 Å². The van der Waals surface area contributed by atoms with E-state index in [0.29, 0.717) is 38.8 Å². The number of rotatable bonds is 27.